The van der Waals surface area contributed by atoms with Gasteiger partial charge in [0.2, 0.25) is 17.6 Å². The third-order valence-corrected chi connectivity index (χ3v) is 11.8. The number of halogens is 9. The zero-order chi connectivity index (χ0) is 35.6. The molecule has 2 saturated heterocycles. The summed E-state index contributed by atoms with van der Waals surface area (Å²) < 4.78 is 87.8. The second-order valence-corrected chi connectivity index (χ2v) is 14.0. The van der Waals surface area contributed by atoms with Crippen molar-refractivity contribution in [1.29, 1.82) is 0 Å². The molecule has 4 amide bonds. The van der Waals surface area contributed by atoms with Crippen LogP contribution in [0.3, 0.4) is 0 Å². The molecule has 0 aromatic heterocycles. The number of imide groups is 2. The van der Waals surface area contributed by atoms with E-state index in [0.717, 1.165) is 23.1 Å². The number of amides is 4. The lowest BCUT2D eigenvalue weighted by atomic mass is 9.56. The Morgan fingerprint density at radius 2 is 1.43 bits per heavy atom. The normalized spacial score (nSPS) is 29.3. The van der Waals surface area contributed by atoms with Gasteiger partial charge in [-0.3, -0.25) is 19.2 Å². The van der Waals surface area contributed by atoms with Crippen LogP contribution in [0.15, 0.2) is 48.0 Å². The summed E-state index contributed by atoms with van der Waals surface area (Å²) in [5, 5.41) is 10.2. The number of nitrogens with zero attached hydrogens (tertiary/aromatic N) is 2. The number of aryl methyl sites for hydroxylation is 1. The first-order valence-electron chi connectivity index (χ1n) is 14.6. The Morgan fingerprint density at radius 3 is 2.04 bits per heavy atom. The Morgan fingerprint density at radius 1 is 0.796 bits per heavy atom. The number of anilines is 2. The first-order chi connectivity index (χ1) is 23.0. The van der Waals surface area contributed by atoms with Gasteiger partial charge in [-0.1, -0.05) is 35.4 Å². The predicted octanol–water partition coefficient (Wildman–Crippen LogP) is 6.96. The summed E-state index contributed by atoms with van der Waals surface area (Å²) in [6, 6.07) is 7.28. The van der Waals surface area contributed by atoms with Crippen LogP contribution in [0, 0.1) is 59.6 Å². The van der Waals surface area contributed by atoms with Crippen molar-refractivity contribution in [1.82, 2.24) is 0 Å². The third kappa shape index (κ3) is 4.24. The number of aromatic hydroxyl groups is 1. The molecule has 254 valence electrons. The molecule has 0 bridgehead atoms. The largest absolute Gasteiger partial charge is 0.505 e. The number of hydrogen-bond acceptors (Lipinski definition) is 5. The molecule has 6 atom stereocenters. The number of phenols is 1. The van der Waals surface area contributed by atoms with E-state index in [1.165, 1.54) is 18.2 Å². The number of phenolic OH excluding ortho intramolecular Hbond substituents is 1. The first kappa shape index (κ1) is 33.4. The molecule has 3 fully saturated rings. The topological polar surface area (TPSA) is 95.0 Å². The van der Waals surface area contributed by atoms with Crippen molar-refractivity contribution in [3.8, 4) is 5.75 Å². The molecule has 2 heterocycles. The van der Waals surface area contributed by atoms with Crippen molar-refractivity contribution in [2.45, 2.75) is 35.4 Å². The first-order valence-corrected chi connectivity index (χ1v) is 15.7. The number of carbonyl (C=O) groups excluding carboxylic acids is 4. The van der Waals surface area contributed by atoms with Gasteiger partial charge >= 0.3 is 0 Å². The van der Waals surface area contributed by atoms with E-state index in [1.807, 2.05) is 0 Å². The molecule has 3 aromatic rings. The zero-order valence-corrected chi connectivity index (χ0v) is 26.9. The molecular formula is C33H19Cl3F6N2O5. The van der Waals surface area contributed by atoms with Crippen molar-refractivity contribution in [2.24, 2.45) is 17.8 Å². The standard InChI is InChI=1S/C33H19Cl3F6N2O5/c1-11-2-4-13(9-17(11)34)43-28(46)15-6-5-14-16(20(15)29(43)47)10-32(35)30(48)44(27-25(41)23(39)22(38)24(40)26(27)42)31(49)33(32,36)21(14)12-3-7-19(45)18(37)8-12/h2-5,7-9,15-16,20-21,45H,6,10H2,1H3. The summed E-state index contributed by atoms with van der Waals surface area (Å²) in [4.78, 5) is 51.3. The molecule has 1 N–H and O–H groups in total. The summed E-state index contributed by atoms with van der Waals surface area (Å²) in [6.45, 7) is 1.71. The second kappa shape index (κ2) is 11.0. The summed E-state index contributed by atoms with van der Waals surface area (Å²) in [5.74, 6) is -24.4. The molecule has 2 aliphatic carbocycles. The molecule has 3 aromatic carbocycles. The van der Waals surface area contributed by atoms with Crippen LogP contribution in [0.25, 0.3) is 0 Å². The molecule has 4 aliphatic rings. The van der Waals surface area contributed by atoms with Gasteiger partial charge in [0.05, 0.1) is 17.5 Å². The van der Waals surface area contributed by atoms with Gasteiger partial charge in [-0.15, -0.1) is 23.2 Å². The smallest absolute Gasteiger partial charge is 0.258 e. The van der Waals surface area contributed by atoms with E-state index >= 15 is 8.78 Å². The molecule has 0 spiro atoms. The second-order valence-electron chi connectivity index (χ2n) is 12.3. The van der Waals surface area contributed by atoms with E-state index in [4.69, 9.17) is 34.8 Å². The van der Waals surface area contributed by atoms with Gasteiger partial charge in [-0.25, -0.2) is 36.1 Å². The van der Waals surface area contributed by atoms with Crippen molar-refractivity contribution < 1.29 is 50.6 Å². The Balaban J connectivity index is 1.43. The van der Waals surface area contributed by atoms with Crippen LogP contribution in [0.5, 0.6) is 5.75 Å². The van der Waals surface area contributed by atoms with Gasteiger partial charge in [0.15, 0.2) is 44.6 Å². The molecule has 2 aliphatic heterocycles. The minimum Gasteiger partial charge on any atom is -0.505 e. The summed E-state index contributed by atoms with van der Waals surface area (Å²) >= 11 is 20.3. The Kier molecular flexibility index (Phi) is 7.48. The SMILES string of the molecule is Cc1ccc(N2C(=O)C3CC=C4C(CC5(Cl)C(=O)N(c6c(F)c(F)c(F)c(F)c6F)C(=O)C5(Cl)C4c4ccc(O)c(F)c4)C3C2=O)cc1Cl. The maximum absolute atomic E-state index is 15.1. The zero-order valence-electron chi connectivity index (χ0n) is 24.6. The van der Waals surface area contributed by atoms with E-state index in [9.17, 15) is 41.8 Å². The maximum Gasteiger partial charge on any atom is 0.258 e. The molecule has 7 rings (SSSR count). The molecule has 16 heteroatoms. The van der Waals surface area contributed by atoms with E-state index in [2.05, 4.69) is 0 Å². The van der Waals surface area contributed by atoms with Gasteiger partial charge in [0.25, 0.3) is 11.8 Å². The average molecular weight is 744 g/mol. The van der Waals surface area contributed by atoms with E-state index in [-0.39, 0.29) is 33.2 Å². The number of allylic oxidation sites excluding steroid dienone is 2. The Labute approximate surface area is 287 Å². The fourth-order valence-corrected chi connectivity index (χ4v) is 8.73. The molecule has 1 saturated carbocycles. The lowest BCUT2D eigenvalue weighted by Gasteiger charge is -2.50. The monoisotopic (exact) mass is 742 g/mol. The molecule has 0 radical (unpaired) electrons. The van der Waals surface area contributed by atoms with Crippen LogP contribution < -0.4 is 9.80 Å². The highest BCUT2D eigenvalue weighted by atomic mass is 35.5. The van der Waals surface area contributed by atoms with Crippen LogP contribution in [-0.4, -0.2) is 38.5 Å². The molecule has 6 unspecified atom stereocenters. The fourth-order valence-electron chi connectivity index (χ4n) is 7.62. The van der Waals surface area contributed by atoms with E-state index in [0.29, 0.717) is 5.56 Å². The van der Waals surface area contributed by atoms with Crippen LogP contribution in [0.1, 0.15) is 29.9 Å². The highest BCUT2D eigenvalue weighted by Crippen LogP contribution is 2.66. The van der Waals surface area contributed by atoms with E-state index < -0.39 is 110 Å². The third-order valence-electron chi connectivity index (χ3n) is 9.94. The van der Waals surface area contributed by atoms with E-state index in [1.54, 1.807) is 13.0 Å². The fraction of sp³-hybridized carbons (Fsp3) is 0.273. The number of alkyl halides is 2. The average Bonchev–Trinajstić information content (AvgIpc) is 3.40. The maximum atomic E-state index is 15.1. The van der Waals surface area contributed by atoms with Crippen LogP contribution in [0.4, 0.5) is 37.7 Å². The highest BCUT2D eigenvalue weighted by molar-refractivity contribution is 6.58. The van der Waals surface area contributed by atoms with Gasteiger partial charge in [-0.2, -0.15) is 0 Å². The number of carbonyl (C=O) groups is 4. The van der Waals surface area contributed by atoms with Gasteiger partial charge in [-0.05, 0) is 61.1 Å². The Hall–Kier alpha value is -4.07. The molecule has 49 heavy (non-hydrogen) atoms. The molecular weight excluding hydrogens is 725 g/mol. The highest BCUT2D eigenvalue weighted by Gasteiger charge is 2.77. The minimum atomic E-state index is -2.82. The summed E-state index contributed by atoms with van der Waals surface area (Å²) in [5.41, 5.74) is -1.19. The quantitative estimate of drug-likeness (QED) is 0.0783. The minimum absolute atomic E-state index is 0.111. The number of benzene rings is 3. The van der Waals surface area contributed by atoms with Crippen LogP contribution in [0.2, 0.25) is 5.02 Å². The summed E-state index contributed by atoms with van der Waals surface area (Å²) in [6.07, 6.45) is 0.636. The van der Waals surface area contributed by atoms with Gasteiger partial charge in [0.1, 0.15) is 5.69 Å². The Bertz CT molecular complexity index is 2090. The molecule has 7 nitrogen and oxygen atoms in total. The number of fused-ring (bicyclic) bond motifs is 4. The summed E-state index contributed by atoms with van der Waals surface area (Å²) in [7, 11) is 0. The van der Waals surface area contributed by atoms with Crippen LogP contribution in [-0.2, 0) is 19.2 Å². The van der Waals surface area contributed by atoms with Crippen molar-refractivity contribution in [2.75, 3.05) is 9.80 Å². The van der Waals surface area contributed by atoms with Crippen molar-refractivity contribution >= 4 is 69.8 Å². The van der Waals surface area contributed by atoms with Crippen molar-refractivity contribution in [3.63, 3.8) is 0 Å². The van der Waals surface area contributed by atoms with Gasteiger partial charge in [0, 0.05) is 10.9 Å². The number of rotatable bonds is 3. The predicted molar refractivity (Wildman–Crippen MR) is 163 cm³/mol. The number of hydrogen-bond donors (Lipinski definition) is 1. The van der Waals surface area contributed by atoms with Gasteiger partial charge < -0.3 is 5.11 Å². The lowest BCUT2D eigenvalue weighted by molar-refractivity contribution is -0.125. The van der Waals surface area contributed by atoms with Crippen LogP contribution >= 0.6 is 34.8 Å². The lowest BCUT2D eigenvalue weighted by Crippen LogP contribution is -2.60. The van der Waals surface area contributed by atoms with Crippen molar-refractivity contribution in [3.05, 3.63) is 99.1 Å².